The molecular formula is C8H14N2O. The minimum Gasteiger partial charge on any atom is -0.405 e. The molecule has 4 N–H and O–H groups in total. The average molecular weight is 154 g/mol. The quantitative estimate of drug-likeness (QED) is 0.454. The number of allylic oxidation sites excluding steroid dienone is 2. The Balaban J connectivity index is 4.67. The van der Waals surface area contributed by atoms with Crippen molar-refractivity contribution in [3.63, 3.8) is 0 Å². The third-order valence-electron chi connectivity index (χ3n) is 1.45. The first-order chi connectivity index (χ1) is 5.13. The van der Waals surface area contributed by atoms with Crippen LogP contribution in [0.5, 0.6) is 0 Å². The molecule has 0 amide bonds. The van der Waals surface area contributed by atoms with E-state index in [9.17, 15) is 4.79 Å². The second kappa shape index (κ2) is 4.68. The highest BCUT2D eigenvalue weighted by Crippen LogP contribution is 2.04. The minimum atomic E-state index is 0.00287. The summed E-state index contributed by atoms with van der Waals surface area (Å²) in [5, 5.41) is 0. The maximum Gasteiger partial charge on any atom is 0.157 e. The molecular weight excluding hydrogens is 140 g/mol. The summed E-state index contributed by atoms with van der Waals surface area (Å²) in [5.41, 5.74) is 12.0. The predicted octanol–water partition coefficient (Wildman–Crippen LogP) is 0.323. The van der Waals surface area contributed by atoms with Gasteiger partial charge in [-0.05, 0) is 31.7 Å². The van der Waals surface area contributed by atoms with Gasteiger partial charge in [-0.2, -0.15) is 0 Å². The number of hydrogen-bond acceptors (Lipinski definition) is 3. The van der Waals surface area contributed by atoms with Gasteiger partial charge >= 0.3 is 0 Å². The summed E-state index contributed by atoms with van der Waals surface area (Å²) in [7, 11) is 0. The van der Waals surface area contributed by atoms with Gasteiger partial charge in [-0.15, -0.1) is 0 Å². The lowest BCUT2D eigenvalue weighted by atomic mass is 10.1. The van der Waals surface area contributed by atoms with Crippen molar-refractivity contribution in [1.82, 2.24) is 0 Å². The molecule has 0 spiro atoms. The summed E-state index contributed by atoms with van der Waals surface area (Å²) in [6, 6.07) is 0. The molecule has 0 heterocycles. The van der Waals surface area contributed by atoms with Gasteiger partial charge in [-0.3, -0.25) is 4.79 Å². The van der Waals surface area contributed by atoms with Crippen LogP contribution in [0.2, 0.25) is 0 Å². The molecule has 0 aliphatic carbocycles. The van der Waals surface area contributed by atoms with E-state index in [-0.39, 0.29) is 12.3 Å². The standard InChI is InChI=1S/C8H14N2O/c1-6(3-4-9)8(5-10)7(2)11/h3-4H,5,9-10H2,1-2H3/b4-3-,8-6-. The fraction of sp³-hybridized carbons (Fsp3) is 0.375. The monoisotopic (exact) mass is 154 g/mol. The molecule has 0 atom stereocenters. The van der Waals surface area contributed by atoms with Crippen molar-refractivity contribution in [3.05, 3.63) is 23.4 Å². The van der Waals surface area contributed by atoms with Crippen LogP contribution in [0.4, 0.5) is 0 Å². The highest BCUT2D eigenvalue weighted by molar-refractivity contribution is 5.94. The number of rotatable bonds is 3. The smallest absolute Gasteiger partial charge is 0.157 e. The van der Waals surface area contributed by atoms with Crippen molar-refractivity contribution in [2.75, 3.05) is 6.54 Å². The second-order valence-corrected chi connectivity index (χ2v) is 2.28. The van der Waals surface area contributed by atoms with Gasteiger partial charge < -0.3 is 11.5 Å². The molecule has 0 unspecified atom stereocenters. The molecule has 0 bridgehead atoms. The molecule has 0 rings (SSSR count). The summed E-state index contributed by atoms with van der Waals surface area (Å²) in [5.74, 6) is 0.00287. The zero-order chi connectivity index (χ0) is 8.85. The van der Waals surface area contributed by atoms with Gasteiger partial charge in [-0.25, -0.2) is 0 Å². The van der Waals surface area contributed by atoms with Crippen molar-refractivity contribution >= 4 is 5.78 Å². The molecule has 0 aromatic carbocycles. The molecule has 0 radical (unpaired) electrons. The topological polar surface area (TPSA) is 69.1 Å². The molecule has 0 aromatic heterocycles. The Morgan fingerprint density at radius 3 is 2.27 bits per heavy atom. The van der Waals surface area contributed by atoms with E-state index in [1.807, 2.05) is 6.92 Å². The van der Waals surface area contributed by atoms with Crippen molar-refractivity contribution in [3.8, 4) is 0 Å². The van der Waals surface area contributed by atoms with E-state index < -0.39 is 0 Å². The molecule has 11 heavy (non-hydrogen) atoms. The molecule has 0 aliphatic rings. The summed E-state index contributed by atoms with van der Waals surface area (Å²) in [6.07, 6.45) is 3.07. The van der Waals surface area contributed by atoms with E-state index in [0.717, 1.165) is 5.57 Å². The van der Waals surface area contributed by atoms with Crippen LogP contribution in [-0.2, 0) is 4.79 Å². The lowest BCUT2D eigenvalue weighted by molar-refractivity contribution is -0.113. The van der Waals surface area contributed by atoms with Crippen LogP contribution >= 0.6 is 0 Å². The van der Waals surface area contributed by atoms with Gasteiger partial charge in [0.15, 0.2) is 5.78 Å². The van der Waals surface area contributed by atoms with Crippen LogP contribution in [0.15, 0.2) is 23.4 Å². The van der Waals surface area contributed by atoms with Gasteiger partial charge in [0.25, 0.3) is 0 Å². The molecule has 0 aliphatic heterocycles. The Bertz CT molecular complexity index is 204. The van der Waals surface area contributed by atoms with Crippen LogP contribution in [-0.4, -0.2) is 12.3 Å². The fourth-order valence-corrected chi connectivity index (χ4v) is 0.827. The van der Waals surface area contributed by atoms with Crippen LogP contribution < -0.4 is 11.5 Å². The summed E-state index contributed by atoms with van der Waals surface area (Å²) >= 11 is 0. The van der Waals surface area contributed by atoms with Gasteiger partial charge in [0.05, 0.1) is 0 Å². The molecule has 62 valence electrons. The van der Waals surface area contributed by atoms with Crippen LogP contribution in [0, 0.1) is 0 Å². The van der Waals surface area contributed by atoms with Gasteiger partial charge in [0.2, 0.25) is 0 Å². The first-order valence-corrected chi connectivity index (χ1v) is 3.42. The largest absolute Gasteiger partial charge is 0.405 e. The Morgan fingerprint density at radius 1 is 1.45 bits per heavy atom. The summed E-state index contributed by atoms with van der Waals surface area (Å²) < 4.78 is 0. The van der Waals surface area contributed by atoms with E-state index >= 15 is 0 Å². The minimum absolute atomic E-state index is 0.00287. The fourth-order valence-electron chi connectivity index (χ4n) is 0.827. The molecule has 0 aromatic rings. The average Bonchev–Trinajstić information content (AvgIpc) is 1.88. The highest BCUT2D eigenvalue weighted by Gasteiger charge is 2.02. The zero-order valence-electron chi connectivity index (χ0n) is 6.92. The van der Waals surface area contributed by atoms with Crippen molar-refractivity contribution in [1.29, 1.82) is 0 Å². The van der Waals surface area contributed by atoms with Gasteiger partial charge in [0, 0.05) is 12.1 Å². The van der Waals surface area contributed by atoms with E-state index in [1.54, 1.807) is 6.08 Å². The number of hydrogen-bond donors (Lipinski definition) is 2. The van der Waals surface area contributed by atoms with E-state index in [0.29, 0.717) is 5.57 Å². The summed E-state index contributed by atoms with van der Waals surface area (Å²) in [4.78, 5) is 10.9. The normalized spacial score (nSPS) is 13.4. The Hall–Kier alpha value is -1.09. The Morgan fingerprint density at radius 2 is 2.00 bits per heavy atom. The molecule has 0 saturated heterocycles. The van der Waals surface area contributed by atoms with Crippen LogP contribution in [0.25, 0.3) is 0 Å². The Labute approximate surface area is 66.8 Å². The number of ketones is 1. The van der Waals surface area contributed by atoms with Gasteiger partial charge in [0.1, 0.15) is 0 Å². The molecule has 0 saturated carbocycles. The second-order valence-electron chi connectivity index (χ2n) is 2.28. The maximum absolute atomic E-state index is 10.9. The molecule has 3 heteroatoms. The zero-order valence-corrected chi connectivity index (χ0v) is 6.92. The SMILES string of the molecule is CC(=O)/C(CN)=C(C)\C=C/N. The lowest BCUT2D eigenvalue weighted by Crippen LogP contribution is -2.11. The number of nitrogens with two attached hydrogens (primary N) is 2. The van der Waals surface area contributed by atoms with Crippen molar-refractivity contribution in [2.24, 2.45) is 11.5 Å². The number of carbonyl (C=O) groups excluding carboxylic acids is 1. The predicted molar refractivity (Wildman–Crippen MR) is 45.8 cm³/mol. The maximum atomic E-state index is 10.9. The van der Waals surface area contributed by atoms with Crippen molar-refractivity contribution < 1.29 is 4.79 Å². The van der Waals surface area contributed by atoms with Crippen LogP contribution in [0.3, 0.4) is 0 Å². The van der Waals surface area contributed by atoms with Crippen LogP contribution in [0.1, 0.15) is 13.8 Å². The lowest BCUT2D eigenvalue weighted by Gasteiger charge is -2.01. The molecule has 3 nitrogen and oxygen atoms in total. The first kappa shape index (κ1) is 9.91. The number of Topliss-reactive ketones (excluding diaryl/α,β-unsaturated/α-hetero) is 1. The third-order valence-corrected chi connectivity index (χ3v) is 1.45. The summed E-state index contributed by atoms with van der Waals surface area (Å²) in [6.45, 7) is 3.58. The Kier molecular flexibility index (Phi) is 4.22. The molecule has 0 fully saturated rings. The van der Waals surface area contributed by atoms with E-state index in [1.165, 1.54) is 13.1 Å². The van der Waals surface area contributed by atoms with Gasteiger partial charge in [-0.1, -0.05) is 0 Å². The van der Waals surface area contributed by atoms with E-state index in [4.69, 9.17) is 11.5 Å². The van der Waals surface area contributed by atoms with E-state index in [2.05, 4.69) is 0 Å². The number of carbonyl (C=O) groups is 1. The van der Waals surface area contributed by atoms with Crippen molar-refractivity contribution in [2.45, 2.75) is 13.8 Å². The highest BCUT2D eigenvalue weighted by atomic mass is 16.1. The third kappa shape index (κ3) is 3.00. The first-order valence-electron chi connectivity index (χ1n) is 3.42.